The van der Waals surface area contributed by atoms with Crippen LogP contribution in [-0.4, -0.2) is 65.4 Å². The van der Waals surface area contributed by atoms with Gasteiger partial charge in [0.15, 0.2) is 0 Å². The molecular formula is C15H19N3O3. The van der Waals surface area contributed by atoms with Gasteiger partial charge in [-0.2, -0.15) is 0 Å². The van der Waals surface area contributed by atoms with Crippen LogP contribution in [0.5, 0.6) is 0 Å². The van der Waals surface area contributed by atoms with Crippen LogP contribution in [0.3, 0.4) is 0 Å². The van der Waals surface area contributed by atoms with E-state index in [2.05, 4.69) is 14.8 Å². The number of aliphatic hydroxyl groups is 1. The summed E-state index contributed by atoms with van der Waals surface area (Å²) >= 11 is 0. The molecule has 0 saturated carbocycles. The number of aromatic amines is 1. The van der Waals surface area contributed by atoms with Crippen molar-refractivity contribution in [3.8, 4) is 0 Å². The Morgan fingerprint density at radius 1 is 1.19 bits per heavy atom. The second-order valence-electron chi connectivity index (χ2n) is 5.31. The molecule has 1 saturated heterocycles. The number of carboxylic acid groups (broad SMARTS) is 1. The van der Waals surface area contributed by atoms with Crippen molar-refractivity contribution < 1.29 is 15.0 Å². The molecular weight excluding hydrogens is 270 g/mol. The van der Waals surface area contributed by atoms with E-state index in [4.69, 9.17) is 10.2 Å². The molecule has 0 atom stereocenters. The SMILES string of the molecule is O=C(O)c1cc2cc(N3CCN(CCO)CC3)ccc2[nH]1. The standard InChI is InChI=1S/C15H19N3O3/c19-8-7-17-3-5-18(6-4-17)12-1-2-13-11(9-12)10-14(16-13)15(20)21/h1-2,9-10,16,19H,3-8H2,(H,20,21). The quantitative estimate of drug-likeness (QED) is 0.782. The van der Waals surface area contributed by atoms with Gasteiger partial charge >= 0.3 is 5.97 Å². The highest BCUT2D eigenvalue weighted by Gasteiger charge is 2.17. The van der Waals surface area contributed by atoms with Gasteiger partial charge in [0.05, 0.1) is 6.61 Å². The number of hydrogen-bond donors (Lipinski definition) is 3. The first kappa shape index (κ1) is 13.9. The van der Waals surface area contributed by atoms with Crippen LogP contribution in [-0.2, 0) is 0 Å². The summed E-state index contributed by atoms with van der Waals surface area (Å²) in [5, 5.41) is 18.9. The van der Waals surface area contributed by atoms with Gasteiger partial charge < -0.3 is 20.1 Å². The normalized spacial score (nSPS) is 16.5. The first-order valence-corrected chi connectivity index (χ1v) is 7.11. The minimum absolute atomic E-state index is 0.202. The lowest BCUT2D eigenvalue weighted by atomic mass is 10.2. The third kappa shape index (κ3) is 2.86. The van der Waals surface area contributed by atoms with Crippen molar-refractivity contribution in [3.63, 3.8) is 0 Å². The second kappa shape index (κ2) is 5.75. The molecule has 2 aromatic rings. The number of β-amino-alcohol motifs (C(OH)–C–C–N with tert-alkyl or cyclic N) is 1. The molecule has 0 bridgehead atoms. The van der Waals surface area contributed by atoms with Gasteiger partial charge in [-0.3, -0.25) is 4.90 Å². The van der Waals surface area contributed by atoms with E-state index in [9.17, 15) is 4.79 Å². The average molecular weight is 289 g/mol. The fourth-order valence-electron chi connectivity index (χ4n) is 2.80. The van der Waals surface area contributed by atoms with E-state index < -0.39 is 5.97 Å². The fraction of sp³-hybridized carbons (Fsp3) is 0.400. The zero-order valence-electron chi connectivity index (χ0n) is 11.7. The molecule has 1 aromatic carbocycles. The summed E-state index contributed by atoms with van der Waals surface area (Å²) in [5.74, 6) is -0.939. The fourth-order valence-corrected chi connectivity index (χ4v) is 2.80. The molecule has 6 nitrogen and oxygen atoms in total. The van der Waals surface area contributed by atoms with Crippen LogP contribution in [0.15, 0.2) is 24.3 Å². The molecule has 6 heteroatoms. The molecule has 1 aromatic heterocycles. The van der Waals surface area contributed by atoms with Gasteiger partial charge in [0, 0.05) is 49.3 Å². The van der Waals surface area contributed by atoms with Crippen molar-refractivity contribution in [1.29, 1.82) is 0 Å². The lowest BCUT2D eigenvalue weighted by molar-refractivity contribution is 0.0691. The number of hydrogen-bond acceptors (Lipinski definition) is 4. The number of H-pyrrole nitrogens is 1. The Balaban J connectivity index is 1.77. The maximum Gasteiger partial charge on any atom is 0.352 e. The lowest BCUT2D eigenvalue weighted by Crippen LogP contribution is -2.47. The number of aliphatic hydroxyl groups excluding tert-OH is 1. The number of aromatic carboxylic acids is 1. The average Bonchev–Trinajstić information content (AvgIpc) is 2.91. The highest BCUT2D eigenvalue weighted by atomic mass is 16.4. The Morgan fingerprint density at radius 3 is 2.62 bits per heavy atom. The Bertz CT molecular complexity index is 645. The molecule has 21 heavy (non-hydrogen) atoms. The number of benzene rings is 1. The van der Waals surface area contributed by atoms with Gasteiger partial charge in [-0.15, -0.1) is 0 Å². The number of nitrogens with zero attached hydrogens (tertiary/aromatic N) is 2. The van der Waals surface area contributed by atoms with E-state index in [0.29, 0.717) is 0 Å². The Hall–Kier alpha value is -2.05. The number of carbonyl (C=O) groups is 1. The Morgan fingerprint density at radius 2 is 1.95 bits per heavy atom. The molecule has 2 heterocycles. The van der Waals surface area contributed by atoms with Crippen LogP contribution < -0.4 is 4.90 Å². The predicted molar refractivity (Wildman–Crippen MR) is 81.0 cm³/mol. The smallest absolute Gasteiger partial charge is 0.352 e. The monoisotopic (exact) mass is 289 g/mol. The van der Waals surface area contributed by atoms with Crippen molar-refractivity contribution in [2.24, 2.45) is 0 Å². The first-order valence-electron chi connectivity index (χ1n) is 7.11. The van der Waals surface area contributed by atoms with Crippen molar-refractivity contribution in [1.82, 2.24) is 9.88 Å². The summed E-state index contributed by atoms with van der Waals surface area (Å²) < 4.78 is 0. The largest absolute Gasteiger partial charge is 0.477 e. The van der Waals surface area contributed by atoms with Gasteiger partial charge in [-0.05, 0) is 24.3 Å². The summed E-state index contributed by atoms with van der Waals surface area (Å²) in [4.78, 5) is 18.4. The third-order valence-electron chi connectivity index (χ3n) is 3.99. The van der Waals surface area contributed by atoms with Crippen molar-refractivity contribution in [3.05, 3.63) is 30.0 Å². The molecule has 3 rings (SSSR count). The van der Waals surface area contributed by atoms with Crippen LogP contribution in [0.2, 0.25) is 0 Å². The summed E-state index contributed by atoms with van der Waals surface area (Å²) in [6.45, 7) is 4.64. The van der Waals surface area contributed by atoms with Crippen LogP contribution in [0.1, 0.15) is 10.5 Å². The summed E-state index contributed by atoms with van der Waals surface area (Å²) in [6, 6.07) is 7.65. The van der Waals surface area contributed by atoms with E-state index in [0.717, 1.165) is 49.3 Å². The highest BCUT2D eigenvalue weighted by molar-refractivity contribution is 5.94. The van der Waals surface area contributed by atoms with E-state index >= 15 is 0 Å². The third-order valence-corrected chi connectivity index (χ3v) is 3.99. The van der Waals surface area contributed by atoms with Gasteiger partial charge in [-0.1, -0.05) is 0 Å². The molecule has 0 radical (unpaired) electrons. The molecule has 112 valence electrons. The molecule has 1 aliphatic rings. The molecule has 0 unspecified atom stereocenters. The summed E-state index contributed by atoms with van der Waals surface area (Å²) in [7, 11) is 0. The van der Waals surface area contributed by atoms with Gasteiger partial charge in [0.25, 0.3) is 0 Å². The molecule has 0 spiro atoms. The molecule has 1 aliphatic heterocycles. The van der Waals surface area contributed by atoms with E-state index in [1.165, 1.54) is 0 Å². The molecule has 0 amide bonds. The maximum atomic E-state index is 11.0. The van der Waals surface area contributed by atoms with Crippen molar-refractivity contribution >= 4 is 22.6 Å². The molecule has 3 N–H and O–H groups in total. The predicted octanol–water partition coefficient (Wildman–Crippen LogP) is 0.980. The van der Waals surface area contributed by atoms with Crippen LogP contribution in [0.25, 0.3) is 10.9 Å². The Kier molecular flexibility index (Phi) is 3.81. The zero-order chi connectivity index (χ0) is 14.8. The lowest BCUT2D eigenvalue weighted by Gasteiger charge is -2.35. The molecule has 0 aliphatic carbocycles. The number of fused-ring (bicyclic) bond motifs is 1. The van der Waals surface area contributed by atoms with E-state index in [1.54, 1.807) is 6.07 Å². The van der Waals surface area contributed by atoms with Gasteiger partial charge in [0.2, 0.25) is 0 Å². The van der Waals surface area contributed by atoms with Gasteiger partial charge in [0.1, 0.15) is 5.69 Å². The number of anilines is 1. The second-order valence-corrected chi connectivity index (χ2v) is 5.31. The van der Waals surface area contributed by atoms with Crippen molar-refractivity contribution in [2.75, 3.05) is 44.2 Å². The van der Waals surface area contributed by atoms with E-state index in [-0.39, 0.29) is 12.3 Å². The topological polar surface area (TPSA) is 79.8 Å². The van der Waals surface area contributed by atoms with Gasteiger partial charge in [-0.25, -0.2) is 4.79 Å². The zero-order valence-corrected chi connectivity index (χ0v) is 11.7. The minimum atomic E-state index is -0.939. The van der Waals surface area contributed by atoms with Crippen LogP contribution >= 0.6 is 0 Å². The number of nitrogens with one attached hydrogen (secondary N) is 1. The summed E-state index contributed by atoms with van der Waals surface area (Å²) in [6.07, 6.45) is 0. The number of aromatic nitrogens is 1. The number of rotatable bonds is 4. The van der Waals surface area contributed by atoms with Crippen LogP contribution in [0.4, 0.5) is 5.69 Å². The van der Waals surface area contributed by atoms with E-state index in [1.807, 2.05) is 18.2 Å². The maximum absolute atomic E-state index is 11.0. The molecule has 1 fully saturated rings. The van der Waals surface area contributed by atoms with Crippen LogP contribution in [0, 0.1) is 0 Å². The minimum Gasteiger partial charge on any atom is -0.477 e. The summed E-state index contributed by atoms with van der Waals surface area (Å²) in [5.41, 5.74) is 2.17. The number of piperazine rings is 1. The number of carboxylic acids is 1. The Labute approximate surface area is 122 Å². The van der Waals surface area contributed by atoms with Crippen molar-refractivity contribution in [2.45, 2.75) is 0 Å². The first-order chi connectivity index (χ1) is 10.2. The highest BCUT2D eigenvalue weighted by Crippen LogP contribution is 2.24.